The van der Waals surface area contributed by atoms with Crippen molar-refractivity contribution >= 4 is 16.7 Å². The number of alkyl halides is 3. The Morgan fingerprint density at radius 3 is 2.68 bits per heavy atom. The molecule has 3 nitrogen and oxygen atoms in total. The van der Waals surface area contributed by atoms with Crippen molar-refractivity contribution in [3.63, 3.8) is 0 Å². The number of fused-ring (bicyclic) bond motifs is 1. The minimum Gasteiger partial charge on any atom is -0.399 e. The number of benzene rings is 1. The van der Waals surface area contributed by atoms with Gasteiger partial charge in [0.15, 0.2) is 0 Å². The third-order valence-electron chi connectivity index (χ3n) is 3.06. The van der Waals surface area contributed by atoms with E-state index in [1.54, 1.807) is 12.1 Å². The number of hydrogen-bond acceptors (Lipinski definition) is 2. The van der Waals surface area contributed by atoms with E-state index in [0.717, 1.165) is 16.9 Å². The highest BCUT2D eigenvalue weighted by Crippen LogP contribution is 2.23. The summed E-state index contributed by atoms with van der Waals surface area (Å²) in [6.07, 6.45) is -4.18. The summed E-state index contributed by atoms with van der Waals surface area (Å²) in [5.74, 6) is 0.799. The number of imidazole rings is 1. The molecule has 0 aliphatic carbocycles. The zero-order valence-corrected chi connectivity index (χ0v) is 10.7. The molecule has 19 heavy (non-hydrogen) atoms. The van der Waals surface area contributed by atoms with Gasteiger partial charge in [-0.15, -0.1) is 0 Å². The van der Waals surface area contributed by atoms with Crippen LogP contribution < -0.4 is 5.73 Å². The lowest BCUT2D eigenvalue weighted by molar-refractivity contribution is -0.135. The van der Waals surface area contributed by atoms with Crippen LogP contribution in [0.25, 0.3) is 11.0 Å². The monoisotopic (exact) mass is 271 g/mol. The van der Waals surface area contributed by atoms with E-state index in [1.165, 1.54) is 0 Å². The lowest BCUT2D eigenvalue weighted by atomic mass is 10.2. The zero-order chi connectivity index (χ0) is 14.0. The summed E-state index contributed by atoms with van der Waals surface area (Å²) >= 11 is 0. The van der Waals surface area contributed by atoms with Gasteiger partial charge < -0.3 is 10.3 Å². The van der Waals surface area contributed by atoms with Crippen LogP contribution >= 0.6 is 0 Å². The van der Waals surface area contributed by atoms with Crippen LogP contribution in [0.1, 0.15) is 25.1 Å². The van der Waals surface area contributed by atoms with Crippen molar-refractivity contribution in [1.82, 2.24) is 9.55 Å². The van der Waals surface area contributed by atoms with Crippen LogP contribution in [0.4, 0.5) is 18.9 Å². The number of hydrogen-bond donors (Lipinski definition) is 1. The molecule has 0 aliphatic heterocycles. The molecule has 0 amide bonds. The fraction of sp³-hybridized carbons (Fsp3) is 0.462. The Labute approximate surface area is 109 Å². The van der Waals surface area contributed by atoms with Gasteiger partial charge in [-0.2, -0.15) is 13.2 Å². The highest BCUT2D eigenvalue weighted by atomic mass is 19.4. The summed E-state index contributed by atoms with van der Waals surface area (Å²) in [5, 5.41) is 0. The number of nitrogens with zero attached hydrogens (tertiary/aromatic N) is 2. The van der Waals surface area contributed by atoms with Crippen molar-refractivity contribution in [2.45, 2.75) is 38.9 Å². The van der Waals surface area contributed by atoms with Gasteiger partial charge in [-0.25, -0.2) is 4.98 Å². The standard InChI is InChI=1S/C13H16F3N3/c1-9-18-11-8-10(17)4-5-12(11)19(9)7-3-2-6-13(14,15)16/h4-5,8H,2-3,6-7,17H2,1H3. The Hall–Kier alpha value is -1.72. The Balaban J connectivity index is 2.06. The van der Waals surface area contributed by atoms with E-state index in [0.29, 0.717) is 18.7 Å². The highest BCUT2D eigenvalue weighted by molar-refractivity contribution is 5.79. The number of unbranched alkanes of at least 4 members (excludes halogenated alkanes) is 1. The quantitative estimate of drug-likeness (QED) is 0.681. The number of aromatic nitrogens is 2. The van der Waals surface area contributed by atoms with Crippen molar-refractivity contribution in [1.29, 1.82) is 0 Å². The van der Waals surface area contributed by atoms with E-state index in [9.17, 15) is 13.2 Å². The molecule has 1 heterocycles. The Bertz CT molecular complexity index is 572. The molecular formula is C13H16F3N3. The van der Waals surface area contributed by atoms with E-state index in [4.69, 9.17) is 5.73 Å². The molecule has 0 bridgehead atoms. The highest BCUT2D eigenvalue weighted by Gasteiger charge is 2.25. The van der Waals surface area contributed by atoms with Crippen LogP contribution in [0.15, 0.2) is 18.2 Å². The smallest absolute Gasteiger partial charge is 0.389 e. The molecule has 1 aromatic carbocycles. The van der Waals surface area contributed by atoms with E-state index in [-0.39, 0.29) is 6.42 Å². The summed E-state index contributed by atoms with van der Waals surface area (Å²) in [6, 6.07) is 5.40. The van der Waals surface area contributed by atoms with Gasteiger partial charge in [0.2, 0.25) is 0 Å². The summed E-state index contributed by atoms with van der Waals surface area (Å²) in [5.41, 5.74) is 8.01. The molecule has 0 radical (unpaired) electrons. The van der Waals surface area contributed by atoms with Gasteiger partial charge in [-0.3, -0.25) is 0 Å². The number of aryl methyl sites for hydroxylation is 2. The SMILES string of the molecule is Cc1nc2cc(N)ccc2n1CCCCC(F)(F)F. The van der Waals surface area contributed by atoms with Gasteiger partial charge in [-0.05, 0) is 38.0 Å². The molecular weight excluding hydrogens is 255 g/mol. The summed E-state index contributed by atoms with van der Waals surface area (Å²) < 4.78 is 38.1. The number of anilines is 1. The first-order valence-corrected chi connectivity index (χ1v) is 6.16. The van der Waals surface area contributed by atoms with Gasteiger partial charge in [0, 0.05) is 18.7 Å². The van der Waals surface area contributed by atoms with Gasteiger partial charge in [0.1, 0.15) is 5.82 Å². The van der Waals surface area contributed by atoms with Crippen LogP contribution in [-0.2, 0) is 6.54 Å². The first-order valence-electron chi connectivity index (χ1n) is 6.16. The number of nitrogens with two attached hydrogens (primary N) is 1. The van der Waals surface area contributed by atoms with Crippen LogP contribution in [0.3, 0.4) is 0 Å². The molecule has 0 aliphatic rings. The summed E-state index contributed by atoms with van der Waals surface area (Å²) in [7, 11) is 0. The molecule has 0 atom stereocenters. The topological polar surface area (TPSA) is 43.8 Å². The maximum absolute atomic E-state index is 12.1. The minimum absolute atomic E-state index is 0.136. The number of halogens is 3. The van der Waals surface area contributed by atoms with E-state index >= 15 is 0 Å². The maximum Gasteiger partial charge on any atom is 0.389 e. The van der Waals surface area contributed by atoms with Crippen molar-refractivity contribution in [2.24, 2.45) is 0 Å². The first-order chi connectivity index (χ1) is 8.87. The molecule has 2 N–H and O–H groups in total. The molecule has 6 heteroatoms. The molecule has 0 spiro atoms. The molecule has 2 aromatic rings. The molecule has 0 fully saturated rings. The Morgan fingerprint density at radius 1 is 1.26 bits per heavy atom. The Morgan fingerprint density at radius 2 is 2.00 bits per heavy atom. The largest absolute Gasteiger partial charge is 0.399 e. The van der Waals surface area contributed by atoms with Crippen molar-refractivity contribution in [3.05, 3.63) is 24.0 Å². The van der Waals surface area contributed by atoms with Gasteiger partial charge >= 0.3 is 6.18 Å². The lowest BCUT2D eigenvalue weighted by Crippen LogP contribution is -2.08. The van der Waals surface area contributed by atoms with Crippen LogP contribution in [0.2, 0.25) is 0 Å². The molecule has 2 rings (SSSR count). The predicted octanol–water partition coefficient (Wildman–Crippen LogP) is 3.66. The Kier molecular flexibility index (Phi) is 3.68. The zero-order valence-electron chi connectivity index (χ0n) is 10.7. The van der Waals surface area contributed by atoms with Crippen LogP contribution in [0.5, 0.6) is 0 Å². The molecule has 0 unspecified atom stereocenters. The average Bonchev–Trinajstić information content (AvgIpc) is 2.58. The number of nitrogen functional groups attached to an aromatic ring is 1. The van der Waals surface area contributed by atoms with Crippen molar-refractivity contribution in [2.75, 3.05) is 5.73 Å². The van der Waals surface area contributed by atoms with Gasteiger partial charge in [0.05, 0.1) is 11.0 Å². The van der Waals surface area contributed by atoms with E-state index in [2.05, 4.69) is 4.98 Å². The lowest BCUT2D eigenvalue weighted by Gasteiger charge is -2.08. The fourth-order valence-electron chi connectivity index (χ4n) is 2.14. The molecule has 0 saturated heterocycles. The van der Waals surface area contributed by atoms with Gasteiger partial charge in [0.25, 0.3) is 0 Å². The maximum atomic E-state index is 12.1. The molecule has 1 aromatic heterocycles. The van der Waals surface area contributed by atoms with E-state index in [1.807, 2.05) is 17.6 Å². The molecule has 104 valence electrons. The first kappa shape index (κ1) is 13.7. The van der Waals surface area contributed by atoms with Crippen molar-refractivity contribution < 1.29 is 13.2 Å². The third kappa shape index (κ3) is 3.39. The predicted molar refractivity (Wildman–Crippen MR) is 68.8 cm³/mol. The average molecular weight is 271 g/mol. The second kappa shape index (κ2) is 5.11. The molecule has 0 saturated carbocycles. The fourth-order valence-corrected chi connectivity index (χ4v) is 2.14. The third-order valence-corrected chi connectivity index (χ3v) is 3.06. The second-order valence-electron chi connectivity index (χ2n) is 4.63. The van der Waals surface area contributed by atoms with Crippen LogP contribution in [0, 0.1) is 6.92 Å². The van der Waals surface area contributed by atoms with E-state index < -0.39 is 12.6 Å². The second-order valence-corrected chi connectivity index (χ2v) is 4.63. The normalized spacial score (nSPS) is 12.2. The van der Waals surface area contributed by atoms with Crippen molar-refractivity contribution in [3.8, 4) is 0 Å². The summed E-state index contributed by atoms with van der Waals surface area (Å²) in [4.78, 5) is 4.36. The number of rotatable bonds is 4. The summed E-state index contributed by atoms with van der Waals surface area (Å²) in [6.45, 7) is 2.39. The van der Waals surface area contributed by atoms with Crippen LogP contribution in [-0.4, -0.2) is 15.7 Å². The van der Waals surface area contributed by atoms with Gasteiger partial charge in [-0.1, -0.05) is 0 Å². The minimum atomic E-state index is -4.07.